The van der Waals surface area contributed by atoms with Crippen LogP contribution < -0.4 is 0 Å². The second-order valence-corrected chi connectivity index (χ2v) is 6.40. The van der Waals surface area contributed by atoms with Crippen molar-refractivity contribution >= 4 is 57.7 Å². The van der Waals surface area contributed by atoms with E-state index >= 15 is 0 Å². The van der Waals surface area contributed by atoms with Crippen molar-refractivity contribution in [2.45, 2.75) is 0 Å². The smallest absolute Gasteiger partial charge is 0.195 e. The normalized spacial score (nSPS) is 11.1. The van der Waals surface area contributed by atoms with Crippen LogP contribution in [0.2, 0.25) is 8.67 Å². The zero-order valence-electron chi connectivity index (χ0n) is 7.94. The fourth-order valence-electron chi connectivity index (χ4n) is 1.10. The van der Waals surface area contributed by atoms with Gasteiger partial charge in [0.2, 0.25) is 0 Å². The van der Waals surface area contributed by atoms with Crippen LogP contribution in [0.5, 0.6) is 0 Å². The first kappa shape index (κ1) is 11.9. The van der Waals surface area contributed by atoms with E-state index in [1.54, 1.807) is 24.3 Å². The third-order valence-electron chi connectivity index (χ3n) is 1.81. The number of halogens is 2. The number of carbonyl (C=O) groups is 1. The quantitative estimate of drug-likeness (QED) is 0.573. The van der Waals surface area contributed by atoms with E-state index < -0.39 is 0 Å². The van der Waals surface area contributed by atoms with Crippen molar-refractivity contribution < 1.29 is 4.79 Å². The minimum Gasteiger partial charge on any atom is -0.288 e. The predicted octanol–water partition coefficient (Wildman–Crippen LogP) is 5.01. The molecule has 0 saturated carbocycles. The SMILES string of the molecule is O=C(C=Cc1ccc(Cl)s1)c1ccc(Cl)s1. The van der Waals surface area contributed by atoms with E-state index in [1.165, 1.54) is 28.7 Å². The van der Waals surface area contributed by atoms with Crippen LogP contribution in [0.25, 0.3) is 6.08 Å². The molecular weight excluding hydrogens is 283 g/mol. The standard InChI is InChI=1S/C11H6Cl2OS2/c12-10-5-2-7(15-10)1-3-8(14)9-4-6-11(13)16-9/h1-6H. The molecule has 5 heteroatoms. The minimum atomic E-state index is -0.0403. The summed E-state index contributed by atoms with van der Waals surface area (Å²) in [6.45, 7) is 0. The number of thiophene rings is 2. The molecule has 2 aromatic heterocycles. The number of carbonyl (C=O) groups excluding carboxylic acids is 1. The Morgan fingerprint density at radius 1 is 1.06 bits per heavy atom. The molecule has 0 radical (unpaired) electrons. The lowest BCUT2D eigenvalue weighted by atomic mass is 10.3. The maximum Gasteiger partial charge on any atom is 0.195 e. The van der Waals surface area contributed by atoms with Crippen LogP contribution in [0.3, 0.4) is 0 Å². The monoisotopic (exact) mass is 288 g/mol. The number of allylic oxidation sites excluding steroid dienone is 1. The number of hydrogen-bond donors (Lipinski definition) is 0. The summed E-state index contributed by atoms with van der Waals surface area (Å²) in [4.78, 5) is 13.3. The van der Waals surface area contributed by atoms with Gasteiger partial charge in [0.1, 0.15) is 0 Å². The summed E-state index contributed by atoms with van der Waals surface area (Å²) in [5.41, 5.74) is 0. The Labute approximate surface area is 111 Å². The summed E-state index contributed by atoms with van der Waals surface area (Å²) in [6, 6.07) is 7.12. The summed E-state index contributed by atoms with van der Waals surface area (Å²) in [5.74, 6) is -0.0403. The van der Waals surface area contributed by atoms with E-state index in [9.17, 15) is 4.79 Å². The van der Waals surface area contributed by atoms with Gasteiger partial charge in [-0.1, -0.05) is 23.2 Å². The molecular formula is C11H6Cl2OS2. The predicted molar refractivity (Wildman–Crippen MR) is 72.0 cm³/mol. The van der Waals surface area contributed by atoms with E-state index in [4.69, 9.17) is 23.2 Å². The lowest BCUT2D eigenvalue weighted by Gasteiger charge is -1.87. The van der Waals surface area contributed by atoms with E-state index in [-0.39, 0.29) is 5.78 Å². The molecule has 2 heterocycles. The average Bonchev–Trinajstić information content (AvgIpc) is 2.84. The van der Waals surface area contributed by atoms with Crippen LogP contribution >= 0.6 is 45.9 Å². The Morgan fingerprint density at radius 3 is 2.31 bits per heavy atom. The Balaban J connectivity index is 2.10. The van der Waals surface area contributed by atoms with Gasteiger partial charge in [-0.25, -0.2) is 0 Å². The third kappa shape index (κ3) is 2.95. The second kappa shape index (κ2) is 5.15. The van der Waals surface area contributed by atoms with Crippen molar-refractivity contribution in [3.05, 3.63) is 48.8 Å². The van der Waals surface area contributed by atoms with Crippen molar-refractivity contribution in [2.75, 3.05) is 0 Å². The highest BCUT2D eigenvalue weighted by Gasteiger charge is 2.04. The number of hydrogen-bond acceptors (Lipinski definition) is 3. The Morgan fingerprint density at radius 2 is 1.75 bits per heavy atom. The van der Waals surface area contributed by atoms with E-state index in [0.29, 0.717) is 13.5 Å². The molecule has 0 saturated heterocycles. The van der Waals surface area contributed by atoms with Gasteiger partial charge in [-0.2, -0.15) is 0 Å². The maximum atomic E-state index is 11.7. The molecule has 0 aliphatic heterocycles. The zero-order valence-corrected chi connectivity index (χ0v) is 11.1. The number of rotatable bonds is 3. The molecule has 0 N–H and O–H groups in total. The van der Waals surface area contributed by atoms with Crippen molar-refractivity contribution in [3.8, 4) is 0 Å². The third-order valence-corrected chi connectivity index (χ3v) is 4.25. The van der Waals surface area contributed by atoms with Gasteiger partial charge in [-0.15, -0.1) is 22.7 Å². The van der Waals surface area contributed by atoms with Crippen LogP contribution in [-0.2, 0) is 0 Å². The summed E-state index contributed by atoms with van der Waals surface area (Å²) in [7, 11) is 0. The van der Waals surface area contributed by atoms with Crippen LogP contribution in [0.1, 0.15) is 14.5 Å². The van der Waals surface area contributed by atoms with Gasteiger partial charge in [0.25, 0.3) is 0 Å². The average molecular weight is 289 g/mol. The zero-order chi connectivity index (χ0) is 11.5. The summed E-state index contributed by atoms with van der Waals surface area (Å²) in [5, 5.41) is 0. The van der Waals surface area contributed by atoms with Crippen LogP contribution in [-0.4, -0.2) is 5.78 Å². The highest BCUT2D eigenvalue weighted by atomic mass is 35.5. The van der Waals surface area contributed by atoms with Crippen molar-refractivity contribution in [3.63, 3.8) is 0 Å². The van der Waals surface area contributed by atoms with Crippen LogP contribution in [0, 0.1) is 0 Å². The first-order valence-corrected chi connectivity index (χ1v) is 6.77. The molecule has 1 nitrogen and oxygen atoms in total. The van der Waals surface area contributed by atoms with E-state index in [2.05, 4.69) is 0 Å². The Kier molecular flexibility index (Phi) is 3.82. The molecule has 0 fully saturated rings. The van der Waals surface area contributed by atoms with E-state index in [1.807, 2.05) is 6.07 Å². The minimum absolute atomic E-state index is 0.0403. The van der Waals surface area contributed by atoms with Gasteiger partial charge in [0.15, 0.2) is 5.78 Å². The second-order valence-electron chi connectivity index (χ2n) is 2.94. The first-order valence-electron chi connectivity index (χ1n) is 4.38. The summed E-state index contributed by atoms with van der Waals surface area (Å²) >= 11 is 14.2. The largest absolute Gasteiger partial charge is 0.288 e. The van der Waals surface area contributed by atoms with Gasteiger partial charge >= 0.3 is 0 Å². The van der Waals surface area contributed by atoms with Gasteiger partial charge in [0.05, 0.1) is 13.5 Å². The van der Waals surface area contributed by atoms with Gasteiger partial charge in [-0.3, -0.25) is 4.79 Å². The van der Waals surface area contributed by atoms with Gasteiger partial charge in [-0.05, 0) is 36.4 Å². The van der Waals surface area contributed by atoms with Crippen molar-refractivity contribution in [1.29, 1.82) is 0 Å². The fourth-order valence-corrected chi connectivity index (χ4v) is 3.03. The van der Waals surface area contributed by atoms with Gasteiger partial charge < -0.3 is 0 Å². The molecule has 0 atom stereocenters. The highest BCUT2D eigenvalue weighted by molar-refractivity contribution is 7.18. The van der Waals surface area contributed by atoms with Crippen LogP contribution in [0.15, 0.2) is 30.3 Å². The van der Waals surface area contributed by atoms with E-state index in [0.717, 1.165) is 4.88 Å². The molecule has 2 aromatic rings. The number of ketones is 1. The van der Waals surface area contributed by atoms with Gasteiger partial charge in [0, 0.05) is 4.88 Å². The molecule has 82 valence electrons. The molecule has 0 aromatic carbocycles. The molecule has 2 rings (SSSR count). The van der Waals surface area contributed by atoms with Crippen molar-refractivity contribution in [1.82, 2.24) is 0 Å². The maximum absolute atomic E-state index is 11.7. The Bertz CT molecular complexity index is 540. The fraction of sp³-hybridized carbons (Fsp3) is 0. The molecule has 0 aliphatic carbocycles. The highest BCUT2D eigenvalue weighted by Crippen LogP contribution is 2.24. The molecule has 0 unspecified atom stereocenters. The molecule has 0 amide bonds. The molecule has 16 heavy (non-hydrogen) atoms. The lowest BCUT2D eigenvalue weighted by Crippen LogP contribution is -1.87. The topological polar surface area (TPSA) is 17.1 Å². The molecule has 0 spiro atoms. The Hall–Kier alpha value is -0.610. The summed E-state index contributed by atoms with van der Waals surface area (Å²) in [6.07, 6.45) is 3.29. The molecule has 0 aliphatic rings. The van der Waals surface area contributed by atoms with Crippen molar-refractivity contribution in [2.24, 2.45) is 0 Å². The summed E-state index contributed by atoms with van der Waals surface area (Å²) < 4.78 is 1.34. The van der Waals surface area contributed by atoms with Crippen LogP contribution in [0.4, 0.5) is 0 Å². The molecule has 0 bridgehead atoms. The lowest BCUT2D eigenvalue weighted by molar-refractivity contribution is 0.105. The first-order chi connectivity index (χ1) is 7.65.